The summed E-state index contributed by atoms with van der Waals surface area (Å²) in [4.78, 5) is 77.4. The fourth-order valence-electron chi connectivity index (χ4n) is 10.7. The molecule has 5 aliphatic rings. The van der Waals surface area contributed by atoms with Crippen LogP contribution in [0.2, 0.25) is 0 Å². The molecule has 4 amide bonds. The van der Waals surface area contributed by atoms with E-state index in [1.807, 2.05) is 44.6 Å². The zero-order valence-corrected chi connectivity index (χ0v) is 38.8. The number of pyridine rings is 1. The number of hydrogen-bond donors (Lipinski definition) is 2. The lowest BCUT2D eigenvalue weighted by Crippen LogP contribution is -2.47. The van der Waals surface area contributed by atoms with Crippen molar-refractivity contribution in [2.24, 2.45) is 18.9 Å². The van der Waals surface area contributed by atoms with Crippen LogP contribution >= 0.6 is 11.3 Å². The highest BCUT2D eigenvalue weighted by molar-refractivity contribution is 7.21. The SMILES string of the molecule is COc1cc(-c2cn(C)c(=O)c3cc(C(=O)NC4CCC5CN(CCCN6CCN(c7ccc8c(c7)C(=O)N(C7CCC(=O)NCOC7)C8=O)CC6)CC54)sc23)cc(OC)c1CN(C)C. The highest BCUT2D eigenvalue weighted by Crippen LogP contribution is 2.41. The smallest absolute Gasteiger partial charge is 0.261 e. The molecule has 9 rings (SSSR count). The van der Waals surface area contributed by atoms with Crippen LogP contribution in [0.25, 0.3) is 21.2 Å². The summed E-state index contributed by atoms with van der Waals surface area (Å²) in [7, 11) is 9.02. The van der Waals surface area contributed by atoms with Gasteiger partial charge in [0.2, 0.25) is 5.91 Å². The van der Waals surface area contributed by atoms with Crippen LogP contribution in [0.15, 0.2) is 47.4 Å². The third kappa shape index (κ3) is 9.00. The van der Waals surface area contributed by atoms with Crippen LogP contribution in [0.1, 0.15) is 68.1 Å². The number of methoxy groups -OCH3 is 2. The molecule has 346 valence electrons. The molecule has 4 fully saturated rings. The van der Waals surface area contributed by atoms with E-state index in [0.29, 0.717) is 57.7 Å². The Morgan fingerprint density at radius 3 is 2.37 bits per heavy atom. The van der Waals surface area contributed by atoms with Gasteiger partial charge in [-0.25, -0.2) is 0 Å². The van der Waals surface area contributed by atoms with Crippen LogP contribution < -0.4 is 30.6 Å². The van der Waals surface area contributed by atoms with Crippen LogP contribution in [0.3, 0.4) is 0 Å². The number of fused-ring (bicyclic) bond motifs is 3. The van der Waals surface area contributed by atoms with Gasteiger partial charge >= 0.3 is 0 Å². The molecule has 17 heteroatoms. The number of aryl methyl sites for hydroxylation is 1. The van der Waals surface area contributed by atoms with Gasteiger partial charge in [0, 0.05) is 87.5 Å². The predicted octanol–water partition coefficient (Wildman–Crippen LogP) is 3.85. The van der Waals surface area contributed by atoms with Crippen molar-refractivity contribution < 1.29 is 33.4 Å². The van der Waals surface area contributed by atoms with E-state index in [2.05, 4.69) is 30.2 Å². The van der Waals surface area contributed by atoms with Crippen molar-refractivity contribution in [1.29, 1.82) is 0 Å². The van der Waals surface area contributed by atoms with E-state index >= 15 is 0 Å². The third-order valence-corrected chi connectivity index (χ3v) is 15.2. The van der Waals surface area contributed by atoms with E-state index < -0.39 is 6.04 Å². The Morgan fingerprint density at radius 2 is 1.63 bits per heavy atom. The van der Waals surface area contributed by atoms with Crippen LogP contribution in [-0.4, -0.2) is 154 Å². The van der Waals surface area contributed by atoms with Crippen LogP contribution in [0, 0.1) is 11.8 Å². The lowest BCUT2D eigenvalue weighted by Gasteiger charge is -2.36. The van der Waals surface area contributed by atoms with Crippen LogP contribution in [0.4, 0.5) is 5.69 Å². The number of carbonyl (C=O) groups excluding carboxylic acids is 4. The molecule has 4 aliphatic heterocycles. The van der Waals surface area contributed by atoms with Crippen molar-refractivity contribution in [3.8, 4) is 22.6 Å². The summed E-state index contributed by atoms with van der Waals surface area (Å²) in [6, 6.07) is 10.9. The number of aromatic nitrogens is 1. The van der Waals surface area contributed by atoms with E-state index in [1.165, 1.54) is 16.2 Å². The van der Waals surface area contributed by atoms with Gasteiger partial charge in [0.1, 0.15) is 18.2 Å². The quantitative estimate of drug-likeness (QED) is 0.187. The second kappa shape index (κ2) is 18.9. The van der Waals surface area contributed by atoms with Crippen LogP contribution in [0.5, 0.6) is 11.5 Å². The number of amides is 4. The number of piperazine rings is 1. The third-order valence-electron chi connectivity index (χ3n) is 14.1. The number of hydrogen-bond acceptors (Lipinski definition) is 13. The zero-order valence-electron chi connectivity index (χ0n) is 38.0. The minimum absolute atomic E-state index is 0.0711. The average Bonchev–Trinajstić information content (AvgIpc) is 4.07. The number of thiophene rings is 1. The van der Waals surface area contributed by atoms with Crippen molar-refractivity contribution in [2.75, 3.05) is 98.9 Å². The molecular formula is C48H60N8O8S. The summed E-state index contributed by atoms with van der Waals surface area (Å²) >= 11 is 1.36. The molecule has 4 unspecified atom stereocenters. The Morgan fingerprint density at radius 1 is 0.892 bits per heavy atom. The topological polar surface area (TPSA) is 158 Å². The van der Waals surface area contributed by atoms with Crippen LogP contribution in [-0.2, 0) is 23.1 Å². The molecule has 4 atom stereocenters. The lowest BCUT2D eigenvalue weighted by molar-refractivity contribution is -0.124. The van der Waals surface area contributed by atoms with Gasteiger partial charge in [0.05, 0.1) is 53.8 Å². The number of likely N-dealkylation sites (tertiary alicyclic amines) is 1. The summed E-state index contributed by atoms with van der Waals surface area (Å²) in [5.41, 5.74) is 4.24. The molecule has 2 aromatic carbocycles. The number of benzene rings is 2. The lowest BCUT2D eigenvalue weighted by atomic mass is 9.98. The first kappa shape index (κ1) is 44.9. The number of nitrogens with one attached hydrogen (secondary N) is 2. The summed E-state index contributed by atoms with van der Waals surface area (Å²) in [5, 5.41) is 6.57. The Bertz CT molecular complexity index is 2520. The molecule has 0 radical (unpaired) electrons. The average molecular weight is 909 g/mol. The minimum atomic E-state index is -0.477. The van der Waals surface area contributed by atoms with Gasteiger partial charge in [0.25, 0.3) is 23.3 Å². The molecular weight excluding hydrogens is 849 g/mol. The maximum Gasteiger partial charge on any atom is 0.261 e. The summed E-state index contributed by atoms with van der Waals surface area (Å²) in [5.74, 6) is 1.42. The predicted molar refractivity (Wildman–Crippen MR) is 249 cm³/mol. The second-order valence-electron chi connectivity index (χ2n) is 18.5. The van der Waals surface area contributed by atoms with E-state index in [9.17, 15) is 24.0 Å². The van der Waals surface area contributed by atoms with E-state index in [4.69, 9.17) is 14.2 Å². The number of carbonyl (C=O) groups is 4. The number of anilines is 1. The first-order valence-electron chi connectivity index (χ1n) is 22.8. The normalized spacial score (nSPS) is 22.9. The first-order chi connectivity index (χ1) is 31.4. The van der Waals surface area contributed by atoms with E-state index in [-0.39, 0.29) is 55.0 Å². The molecule has 6 heterocycles. The van der Waals surface area contributed by atoms with Crippen molar-refractivity contribution in [1.82, 2.24) is 34.8 Å². The summed E-state index contributed by atoms with van der Waals surface area (Å²) in [6.07, 6.45) is 5.54. The molecule has 3 saturated heterocycles. The number of rotatable bonds is 13. The van der Waals surface area contributed by atoms with Gasteiger partial charge in [-0.05, 0) is 107 Å². The van der Waals surface area contributed by atoms with Gasteiger partial charge in [-0.2, -0.15) is 0 Å². The number of imide groups is 1. The molecule has 1 saturated carbocycles. The minimum Gasteiger partial charge on any atom is -0.496 e. The molecule has 4 aromatic rings. The summed E-state index contributed by atoms with van der Waals surface area (Å²) in [6.45, 7) is 8.41. The zero-order chi connectivity index (χ0) is 45.5. The Labute approximate surface area is 383 Å². The van der Waals surface area contributed by atoms with E-state index in [0.717, 1.165) is 98.7 Å². The van der Waals surface area contributed by atoms with Gasteiger partial charge in [-0.1, -0.05) is 0 Å². The molecule has 65 heavy (non-hydrogen) atoms. The van der Waals surface area contributed by atoms with Gasteiger partial charge < -0.3 is 44.1 Å². The summed E-state index contributed by atoms with van der Waals surface area (Å²) < 4.78 is 19.5. The Hall–Kier alpha value is -5.33. The highest BCUT2D eigenvalue weighted by Gasteiger charge is 2.44. The monoisotopic (exact) mass is 908 g/mol. The van der Waals surface area contributed by atoms with Crippen molar-refractivity contribution in [2.45, 2.75) is 50.7 Å². The van der Waals surface area contributed by atoms with Crippen molar-refractivity contribution in [3.05, 3.63) is 74.5 Å². The van der Waals surface area contributed by atoms with Crippen molar-refractivity contribution >= 4 is 50.7 Å². The Balaban J connectivity index is 0.771. The molecule has 1 aliphatic carbocycles. The fourth-order valence-corrected chi connectivity index (χ4v) is 11.7. The fraction of sp³-hybridized carbons (Fsp3) is 0.521. The number of nitrogens with zero attached hydrogens (tertiary/aromatic N) is 6. The largest absolute Gasteiger partial charge is 0.496 e. The Kier molecular flexibility index (Phi) is 13.0. The van der Waals surface area contributed by atoms with Crippen molar-refractivity contribution in [3.63, 3.8) is 0 Å². The first-order valence-corrected chi connectivity index (χ1v) is 23.6. The molecule has 0 bridgehead atoms. The number of ether oxygens (including phenoxy) is 3. The van der Waals surface area contributed by atoms with Gasteiger partial charge in [-0.3, -0.25) is 33.8 Å². The second-order valence-corrected chi connectivity index (χ2v) is 19.5. The molecule has 0 spiro atoms. The maximum absolute atomic E-state index is 13.9. The molecule has 2 N–H and O–H groups in total. The molecule has 16 nitrogen and oxygen atoms in total. The van der Waals surface area contributed by atoms with E-state index in [1.54, 1.807) is 38.0 Å². The molecule has 2 aromatic heterocycles. The van der Waals surface area contributed by atoms with Gasteiger partial charge in [-0.15, -0.1) is 11.3 Å². The maximum atomic E-state index is 13.9. The standard InChI is InChI=1S/C48H60N8O8S/c1-51(2)24-38-40(62-4)19-30(20-41(38)63-5)37-25-52(3)46(59)35-22-42(65-44(35)37)45(58)50-39-11-7-29-23-54(26-36(29)39)14-6-13-53-15-17-55(18-16-53)31-8-10-33-34(21-31)48(61)56(47(33)60)32-9-12-43(57)49-28-64-27-32/h8,10,19-22,25,29,32,36,39H,6-7,9,11-18,23-24,26-28H2,1-5H3,(H,49,57)(H,50,58). The highest BCUT2D eigenvalue weighted by atomic mass is 32.1. The van der Waals surface area contributed by atoms with Gasteiger partial charge in [0.15, 0.2) is 0 Å².